The van der Waals surface area contributed by atoms with E-state index in [-0.39, 0.29) is 17.0 Å². The van der Waals surface area contributed by atoms with Gasteiger partial charge in [0.2, 0.25) is 10.0 Å². The quantitative estimate of drug-likeness (QED) is 0.699. The second-order valence-electron chi connectivity index (χ2n) is 4.14. The number of carbonyl (C=O) groups is 1. The van der Waals surface area contributed by atoms with E-state index in [1.54, 1.807) is 6.20 Å². The van der Waals surface area contributed by atoms with E-state index in [0.717, 1.165) is 10.9 Å². The third-order valence-corrected chi connectivity index (χ3v) is 5.81. The number of rotatable bonds is 5. The Kier molecular flexibility index (Phi) is 4.96. The van der Waals surface area contributed by atoms with Gasteiger partial charge >= 0.3 is 5.97 Å². The van der Waals surface area contributed by atoms with Crippen LogP contribution in [0.25, 0.3) is 0 Å². The fourth-order valence-corrected chi connectivity index (χ4v) is 3.96. The number of hydrogen-bond donors (Lipinski definition) is 2. The summed E-state index contributed by atoms with van der Waals surface area (Å²) in [6.07, 6.45) is 1.67. The molecular formula is C12H11IN2O4S2. The monoisotopic (exact) mass is 438 g/mol. The van der Waals surface area contributed by atoms with Crippen molar-refractivity contribution in [3.63, 3.8) is 0 Å². The maximum atomic E-state index is 12.2. The first-order valence-corrected chi connectivity index (χ1v) is 9.11. The number of carboxylic acids is 1. The number of hydrogen-bond acceptors (Lipinski definition) is 5. The molecule has 0 radical (unpaired) electrons. The first-order valence-electron chi connectivity index (χ1n) is 5.73. The van der Waals surface area contributed by atoms with E-state index in [2.05, 4.69) is 9.71 Å². The van der Waals surface area contributed by atoms with Crippen LogP contribution in [0.4, 0.5) is 0 Å². The van der Waals surface area contributed by atoms with Crippen molar-refractivity contribution >= 4 is 49.9 Å². The van der Waals surface area contributed by atoms with E-state index in [9.17, 15) is 13.2 Å². The van der Waals surface area contributed by atoms with Crippen molar-refractivity contribution in [1.82, 2.24) is 9.71 Å². The molecule has 0 bridgehead atoms. The smallest absolute Gasteiger partial charge is 0.336 e. The van der Waals surface area contributed by atoms with E-state index in [1.807, 2.05) is 29.5 Å². The van der Waals surface area contributed by atoms with Gasteiger partial charge in [-0.2, -0.15) is 0 Å². The Morgan fingerprint density at radius 1 is 1.48 bits per heavy atom. The van der Waals surface area contributed by atoms with E-state index < -0.39 is 16.0 Å². The number of nitrogens with zero attached hydrogens (tertiary/aromatic N) is 1. The zero-order valence-corrected chi connectivity index (χ0v) is 14.6. The number of carboxylic acid groups (broad SMARTS) is 1. The summed E-state index contributed by atoms with van der Waals surface area (Å²) in [6, 6.07) is 4.00. The third-order valence-electron chi connectivity index (χ3n) is 2.56. The van der Waals surface area contributed by atoms with E-state index in [1.165, 1.54) is 23.5 Å². The van der Waals surface area contributed by atoms with Crippen LogP contribution < -0.4 is 4.72 Å². The fourth-order valence-electron chi connectivity index (χ4n) is 1.56. The van der Waals surface area contributed by atoms with Gasteiger partial charge in [-0.3, -0.25) is 0 Å². The summed E-state index contributed by atoms with van der Waals surface area (Å²) >= 11 is 3.25. The summed E-state index contributed by atoms with van der Waals surface area (Å²) in [7, 11) is -3.77. The van der Waals surface area contributed by atoms with Gasteiger partial charge in [0.1, 0.15) is 5.01 Å². The first kappa shape index (κ1) is 16.3. The SMILES string of the molecule is Cc1cnc(CNS(=O)(=O)c2ccc(I)c(C(=O)O)c2)s1. The van der Waals surface area contributed by atoms with Crippen molar-refractivity contribution in [2.75, 3.05) is 0 Å². The molecule has 1 heterocycles. The molecule has 6 nitrogen and oxygen atoms in total. The van der Waals surface area contributed by atoms with Crippen molar-refractivity contribution in [2.24, 2.45) is 0 Å². The van der Waals surface area contributed by atoms with Crippen LogP contribution in [0.3, 0.4) is 0 Å². The lowest BCUT2D eigenvalue weighted by molar-refractivity contribution is 0.0695. The number of sulfonamides is 1. The average Bonchev–Trinajstić information content (AvgIpc) is 2.82. The van der Waals surface area contributed by atoms with E-state index in [0.29, 0.717) is 8.58 Å². The standard InChI is InChI=1S/C12H11IN2O4S2/c1-7-5-14-11(20-7)6-15-21(18,19)8-2-3-10(13)9(4-8)12(16)17/h2-5,15H,6H2,1H3,(H,16,17). The van der Waals surface area contributed by atoms with Gasteiger partial charge in [0, 0.05) is 14.6 Å². The molecule has 2 N–H and O–H groups in total. The molecule has 2 aromatic rings. The van der Waals surface area contributed by atoms with Crippen molar-refractivity contribution in [3.8, 4) is 0 Å². The molecule has 0 saturated heterocycles. The van der Waals surface area contributed by atoms with Crippen molar-refractivity contribution < 1.29 is 18.3 Å². The number of halogens is 1. The number of aromatic nitrogens is 1. The predicted molar refractivity (Wildman–Crippen MR) is 87.0 cm³/mol. The second-order valence-corrected chi connectivity index (χ2v) is 8.38. The molecule has 0 aliphatic carbocycles. The Morgan fingerprint density at radius 2 is 2.19 bits per heavy atom. The summed E-state index contributed by atoms with van der Waals surface area (Å²) in [5.74, 6) is -1.16. The van der Waals surface area contributed by atoms with Crippen LogP contribution in [0.2, 0.25) is 0 Å². The molecule has 112 valence electrons. The van der Waals surface area contributed by atoms with Gasteiger partial charge in [-0.25, -0.2) is 22.9 Å². The maximum Gasteiger partial charge on any atom is 0.336 e. The Labute approximate surface area is 139 Å². The molecule has 0 saturated carbocycles. The average molecular weight is 438 g/mol. The molecule has 21 heavy (non-hydrogen) atoms. The summed E-state index contributed by atoms with van der Waals surface area (Å²) in [4.78, 5) is 16.0. The molecule has 0 unspecified atom stereocenters. The molecule has 1 aromatic heterocycles. The fraction of sp³-hybridized carbons (Fsp3) is 0.167. The predicted octanol–water partition coefficient (Wildman–Crippen LogP) is 2.23. The molecule has 0 fully saturated rings. The van der Waals surface area contributed by atoms with Crippen molar-refractivity contribution in [3.05, 3.63) is 43.4 Å². The number of nitrogens with one attached hydrogen (secondary N) is 1. The molecule has 0 atom stereocenters. The van der Waals surface area contributed by atoms with Crippen LogP contribution in [-0.4, -0.2) is 24.5 Å². The number of aromatic carboxylic acids is 1. The van der Waals surface area contributed by atoms with Gasteiger partial charge in [-0.05, 0) is 47.7 Å². The number of aryl methyl sites for hydroxylation is 1. The van der Waals surface area contributed by atoms with Crippen LogP contribution in [0.1, 0.15) is 20.2 Å². The third kappa shape index (κ3) is 3.99. The lowest BCUT2D eigenvalue weighted by Gasteiger charge is -2.07. The van der Waals surface area contributed by atoms with E-state index >= 15 is 0 Å². The van der Waals surface area contributed by atoms with Gasteiger partial charge in [-0.1, -0.05) is 0 Å². The Bertz CT molecular complexity index is 786. The highest BCUT2D eigenvalue weighted by Crippen LogP contribution is 2.19. The van der Waals surface area contributed by atoms with Gasteiger partial charge in [-0.15, -0.1) is 11.3 Å². The van der Waals surface area contributed by atoms with Crippen LogP contribution in [0, 0.1) is 10.5 Å². The summed E-state index contributed by atoms with van der Waals surface area (Å²) in [6.45, 7) is 1.96. The van der Waals surface area contributed by atoms with Crippen LogP contribution in [0.5, 0.6) is 0 Å². The second kappa shape index (κ2) is 6.38. The molecule has 0 aliphatic rings. The number of thiazole rings is 1. The van der Waals surface area contributed by atoms with E-state index in [4.69, 9.17) is 5.11 Å². The van der Waals surface area contributed by atoms with Gasteiger partial charge in [0.05, 0.1) is 17.0 Å². The largest absolute Gasteiger partial charge is 0.478 e. The first-order chi connectivity index (χ1) is 9.79. The lowest BCUT2D eigenvalue weighted by Crippen LogP contribution is -2.23. The van der Waals surface area contributed by atoms with Gasteiger partial charge in [0.25, 0.3) is 0 Å². The number of benzene rings is 1. The topological polar surface area (TPSA) is 96.4 Å². The highest BCUT2D eigenvalue weighted by Gasteiger charge is 2.18. The maximum absolute atomic E-state index is 12.2. The highest BCUT2D eigenvalue weighted by molar-refractivity contribution is 14.1. The normalized spacial score (nSPS) is 11.5. The zero-order valence-electron chi connectivity index (χ0n) is 10.8. The van der Waals surface area contributed by atoms with Crippen LogP contribution >= 0.6 is 33.9 Å². The molecule has 1 aromatic carbocycles. The zero-order chi connectivity index (χ0) is 15.6. The summed E-state index contributed by atoms with van der Waals surface area (Å²) in [5, 5.41) is 9.69. The molecule has 0 spiro atoms. The highest BCUT2D eigenvalue weighted by atomic mass is 127. The Morgan fingerprint density at radius 3 is 2.76 bits per heavy atom. The Hall–Kier alpha value is -1.04. The molecule has 0 aliphatic heterocycles. The lowest BCUT2D eigenvalue weighted by atomic mass is 10.2. The van der Waals surface area contributed by atoms with Gasteiger partial charge < -0.3 is 5.11 Å². The molecule has 0 amide bonds. The van der Waals surface area contributed by atoms with Crippen LogP contribution in [0.15, 0.2) is 29.3 Å². The van der Waals surface area contributed by atoms with Gasteiger partial charge in [0.15, 0.2) is 0 Å². The van der Waals surface area contributed by atoms with Crippen molar-refractivity contribution in [2.45, 2.75) is 18.4 Å². The Balaban J connectivity index is 2.23. The summed E-state index contributed by atoms with van der Waals surface area (Å²) in [5.41, 5.74) is -0.0384. The minimum Gasteiger partial charge on any atom is -0.478 e. The van der Waals surface area contributed by atoms with Crippen molar-refractivity contribution in [1.29, 1.82) is 0 Å². The van der Waals surface area contributed by atoms with Crippen LogP contribution in [-0.2, 0) is 16.6 Å². The summed E-state index contributed by atoms with van der Waals surface area (Å²) < 4.78 is 27.2. The molecule has 2 rings (SSSR count). The molecular weight excluding hydrogens is 427 g/mol. The molecule has 9 heteroatoms. The minimum absolute atomic E-state index is 0.0384. The minimum atomic E-state index is -3.77.